The second-order valence-corrected chi connectivity index (χ2v) is 5.26. The summed E-state index contributed by atoms with van der Waals surface area (Å²) in [5.74, 6) is 4.69. The molecule has 1 amide bonds. The maximum absolute atomic E-state index is 11.9. The number of aliphatic carboxylic acids is 1. The predicted octanol–water partition coefficient (Wildman–Crippen LogP) is 3.01. The highest BCUT2D eigenvalue weighted by Crippen LogP contribution is 2.23. The minimum atomic E-state index is -0.940. The summed E-state index contributed by atoms with van der Waals surface area (Å²) in [7, 11) is 0. The molecule has 2 rings (SSSR count). The SMILES string of the molecule is O=C(C/C=C/C#Cc1ccccc1)NC1=C(C(=O)O)CCCC1. The lowest BCUT2D eigenvalue weighted by molar-refractivity contribution is -0.133. The van der Waals surface area contributed by atoms with Gasteiger partial charge in [0.15, 0.2) is 0 Å². The maximum atomic E-state index is 11.9. The lowest BCUT2D eigenvalue weighted by atomic mass is 9.96. The van der Waals surface area contributed by atoms with Gasteiger partial charge >= 0.3 is 5.97 Å². The molecule has 0 atom stereocenters. The van der Waals surface area contributed by atoms with Crippen LogP contribution in [0.5, 0.6) is 0 Å². The molecule has 0 unspecified atom stereocenters. The molecule has 4 nitrogen and oxygen atoms in total. The standard InChI is InChI=1S/C19H19NO3/c21-18(20-17-13-8-7-12-16(17)19(22)23)14-6-2-5-11-15-9-3-1-4-10-15/h1-4,6,9-10H,7-8,12-14H2,(H,20,21)(H,22,23)/b6-2+. The van der Waals surface area contributed by atoms with E-state index in [-0.39, 0.29) is 12.3 Å². The monoisotopic (exact) mass is 309 g/mol. The van der Waals surface area contributed by atoms with Crippen molar-refractivity contribution in [2.45, 2.75) is 32.1 Å². The van der Waals surface area contributed by atoms with Crippen LogP contribution in [-0.2, 0) is 9.59 Å². The van der Waals surface area contributed by atoms with Gasteiger partial charge in [-0.15, -0.1) is 0 Å². The lowest BCUT2D eigenvalue weighted by Crippen LogP contribution is -2.26. The van der Waals surface area contributed by atoms with Crippen LogP contribution in [0.2, 0.25) is 0 Å². The van der Waals surface area contributed by atoms with Gasteiger partial charge in [-0.1, -0.05) is 36.1 Å². The van der Waals surface area contributed by atoms with E-state index in [9.17, 15) is 9.59 Å². The third kappa shape index (κ3) is 5.48. The van der Waals surface area contributed by atoms with E-state index in [1.807, 2.05) is 30.3 Å². The summed E-state index contributed by atoms with van der Waals surface area (Å²) in [6, 6.07) is 9.59. The first kappa shape index (κ1) is 16.6. The maximum Gasteiger partial charge on any atom is 0.333 e. The first-order chi connectivity index (χ1) is 11.2. The summed E-state index contributed by atoms with van der Waals surface area (Å²) >= 11 is 0. The van der Waals surface area contributed by atoms with Crippen LogP contribution < -0.4 is 5.32 Å². The molecule has 0 fully saturated rings. The number of carboxylic acids is 1. The summed E-state index contributed by atoms with van der Waals surface area (Å²) < 4.78 is 0. The van der Waals surface area contributed by atoms with Gasteiger partial charge in [-0.2, -0.15) is 0 Å². The van der Waals surface area contributed by atoms with E-state index in [2.05, 4.69) is 17.2 Å². The number of benzene rings is 1. The van der Waals surface area contributed by atoms with E-state index in [4.69, 9.17) is 5.11 Å². The van der Waals surface area contributed by atoms with Crippen LogP contribution >= 0.6 is 0 Å². The van der Waals surface area contributed by atoms with Crippen LogP contribution in [0.1, 0.15) is 37.7 Å². The van der Waals surface area contributed by atoms with Gasteiger partial charge < -0.3 is 10.4 Å². The predicted molar refractivity (Wildman–Crippen MR) is 88.3 cm³/mol. The highest BCUT2D eigenvalue weighted by molar-refractivity contribution is 5.89. The van der Waals surface area contributed by atoms with Crippen molar-refractivity contribution in [3.8, 4) is 11.8 Å². The molecule has 4 heteroatoms. The Morgan fingerprint density at radius 3 is 2.65 bits per heavy atom. The van der Waals surface area contributed by atoms with Crippen molar-refractivity contribution >= 4 is 11.9 Å². The molecule has 0 radical (unpaired) electrons. The minimum absolute atomic E-state index is 0.180. The number of amides is 1. The zero-order chi connectivity index (χ0) is 16.5. The van der Waals surface area contributed by atoms with Crippen LogP contribution in [0.15, 0.2) is 53.8 Å². The van der Waals surface area contributed by atoms with E-state index in [1.165, 1.54) is 0 Å². The van der Waals surface area contributed by atoms with E-state index < -0.39 is 5.97 Å². The van der Waals surface area contributed by atoms with E-state index in [0.29, 0.717) is 24.1 Å². The zero-order valence-corrected chi connectivity index (χ0v) is 12.8. The van der Waals surface area contributed by atoms with Gasteiger partial charge in [0.1, 0.15) is 0 Å². The average Bonchev–Trinajstić information content (AvgIpc) is 2.56. The van der Waals surface area contributed by atoms with Crippen LogP contribution in [0.4, 0.5) is 0 Å². The number of carbonyl (C=O) groups is 2. The molecule has 0 saturated carbocycles. The number of allylic oxidation sites excluding steroid dienone is 2. The van der Waals surface area contributed by atoms with Crippen molar-refractivity contribution in [1.82, 2.24) is 5.32 Å². The van der Waals surface area contributed by atoms with Crippen LogP contribution in [-0.4, -0.2) is 17.0 Å². The molecule has 0 bridgehead atoms. The Bertz CT molecular complexity index is 690. The summed E-state index contributed by atoms with van der Waals surface area (Å²) in [5, 5.41) is 11.9. The fraction of sp³-hybridized carbons (Fsp3) is 0.263. The average molecular weight is 309 g/mol. The van der Waals surface area contributed by atoms with Gasteiger partial charge in [0, 0.05) is 17.7 Å². The second-order valence-electron chi connectivity index (χ2n) is 5.26. The summed E-state index contributed by atoms with van der Waals surface area (Å²) in [6.45, 7) is 0. The van der Waals surface area contributed by atoms with E-state index in [1.54, 1.807) is 12.2 Å². The topological polar surface area (TPSA) is 66.4 Å². The molecule has 1 aromatic carbocycles. The largest absolute Gasteiger partial charge is 0.478 e. The molecule has 0 heterocycles. The molecule has 0 aromatic heterocycles. The third-order valence-corrected chi connectivity index (χ3v) is 3.51. The second kappa shape index (κ2) is 8.60. The first-order valence-electron chi connectivity index (χ1n) is 7.63. The summed E-state index contributed by atoms with van der Waals surface area (Å²) in [6.07, 6.45) is 6.39. The number of hydrogen-bond acceptors (Lipinski definition) is 2. The smallest absolute Gasteiger partial charge is 0.333 e. The number of rotatable bonds is 4. The Balaban J connectivity index is 1.87. The van der Waals surface area contributed by atoms with Crippen molar-refractivity contribution in [1.29, 1.82) is 0 Å². The molecule has 23 heavy (non-hydrogen) atoms. The van der Waals surface area contributed by atoms with Gasteiger partial charge in [0.05, 0.1) is 5.57 Å². The molecule has 2 N–H and O–H groups in total. The minimum Gasteiger partial charge on any atom is -0.478 e. The molecule has 1 aliphatic rings. The fourth-order valence-electron chi connectivity index (χ4n) is 2.37. The number of nitrogens with one attached hydrogen (secondary N) is 1. The third-order valence-electron chi connectivity index (χ3n) is 3.51. The van der Waals surface area contributed by atoms with Crippen molar-refractivity contribution in [3.05, 3.63) is 59.3 Å². The Labute approximate surface area is 135 Å². The number of carbonyl (C=O) groups excluding carboxylic acids is 1. The molecule has 0 saturated heterocycles. The zero-order valence-electron chi connectivity index (χ0n) is 12.8. The van der Waals surface area contributed by atoms with Crippen molar-refractivity contribution < 1.29 is 14.7 Å². The highest BCUT2D eigenvalue weighted by Gasteiger charge is 2.19. The van der Waals surface area contributed by atoms with Crippen molar-refractivity contribution in [2.24, 2.45) is 0 Å². The van der Waals surface area contributed by atoms with Crippen LogP contribution in [0, 0.1) is 11.8 Å². The Morgan fingerprint density at radius 2 is 1.91 bits per heavy atom. The highest BCUT2D eigenvalue weighted by atomic mass is 16.4. The normalized spacial score (nSPS) is 14.3. The fourth-order valence-corrected chi connectivity index (χ4v) is 2.37. The van der Waals surface area contributed by atoms with Crippen LogP contribution in [0.25, 0.3) is 0 Å². The van der Waals surface area contributed by atoms with Gasteiger partial charge in [0.25, 0.3) is 0 Å². The molecule has 1 aliphatic carbocycles. The van der Waals surface area contributed by atoms with Gasteiger partial charge in [-0.05, 0) is 43.9 Å². The quantitative estimate of drug-likeness (QED) is 0.840. The molecule has 0 aliphatic heterocycles. The molecular weight excluding hydrogens is 290 g/mol. The van der Waals surface area contributed by atoms with Crippen LogP contribution in [0.3, 0.4) is 0 Å². The molecule has 1 aromatic rings. The van der Waals surface area contributed by atoms with Gasteiger partial charge in [-0.3, -0.25) is 4.79 Å². The van der Waals surface area contributed by atoms with E-state index in [0.717, 1.165) is 18.4 Å². The number of carboxylic acid groups (broad SMARTS) is 1. The Hall–Kier alpha value is -2.80. The Kier molecular flexibility index (Phi) is 6.19. The summed E-state index contributed by atoms with van der Waals surface area (Å²) in [5.41, 5.74) is 1.80. The Morgan fingerprint density at radius 1 is 1.17 bits per heavy atom. The van der Waals surface area contributed by atoms with Crippen molar-refractivity contribution in [3.63, 3.8) is 0 Å². The summed E-state index contributed by atoms with van der Waals surface area (Å²) in [4.78, 5) is 23.0. The molecular formula is C19H19NO3. The lowest BCUT2D eigenvalue weighted by Gasteiger charge is -2.18. The van der Waals surface area contributed by atoms with Gasteiger partial charge in [-0.25, -0.2) is 4.79 Å². The van der Waals surface area contributed by atoms with Crippen molar-refractivity contribution in [2.75, 3.05) is 0 Å². The molecule has 118 valence electrons. The van der Waals surface area contributed by atoms with E-state index >= 15 is 0 Å². The number of hydrogen-bond donors (Lipinski definition) is 2. The molecule has 0 spiro atoms. The van der Waals surface area contributed by atoms with Gasteiger partial charge in [0.2, 0.25) is 5.91 Å². The first-order valence-corrected chi connectivity index (χ1v) is 7.63.